The Morgan fingerprint density at radius 2 is 1.54 bits per heavy atom. The second-order valence-electron chi connectivity index (χ2n) is 7.97. The maximum Gasteiger partial charge on any atom is 0.282 e. The third-order valence-electron chi connectivity index (χ3n) is 5.97. The first-order chi connectivity index (χ1) is 13.5. The number of carbonyl (C=O) groups excluding carboxylic acids is 2. The van der Waals surface area contributed by atoms with E-state index in [2.05, 4.69) is 11.8 Å². The van der Waals surface area contributed by atoms with E-state index in [4.69, 9.17) is 0 Å². The van der Waals surface area contributed by atoms with Gasteiger partial charge in [-0.05, 0) is 61.4 Å². The van der Waals surface area contributed by atoms with Gasteiger partial charge in [0.05, 0.1) is 11.3 Å². The summed E-state index contributed by atoms with van der Waals surface area (Å²) in [6.07, 6.45) is 2.08. The molecule has 144 valence electrons. The molecule has 0 unspecified atom stereocenters. The maximum atomic E-state index is 13.5. The fraction of sp³-hybridized carbons (Fsp3) is 0.333. The molecular weight excluding hydrogens is 348 g/mol. The summed E-state index contributed by atoms with van der Waals surface area (Å²) in [5.41, 5.74) is 4.75. The Kier molecular flexibility index (Phi) is 4.80. The highest BCUT2D eigenvalue weighted by Gasteiger charge is 2.42. The molecule has 0 atom stereocenters. The molecule has 0 bridgehead atoms. The summed E-state index contributed by atoms with van der Waals surface area (Å²) < 4.78 is 0. The third-order valence-corrected chi connectivity index (χ3v) is 5.97. The number of piperidine rings is 1. The van der Waals surface area contributed by atoms with Crippen LogP contribution in [-0.4, -0.2) is 29.8 Å². The van der Waals surface area contributed by atoms with Crippen LogP contribution < -0.4 is 4.90 Å². The average Bonchev–Trinajstić information content (AvgIpc) is 2.96. The van der Waals surface area contributed by atoms with Crippen LogP contribution in [0.3, 0.4) is 0 Å². The van der Waals surface area contributed by atoms with Crippen molar-refractivity contribution in [3.8, 4) is 0 Å². The number of amides is 2. The maximum absolute atomic E-state index is 13.5. The van der Waals surface area contributed by atoms with Crippen molar-refractivity contribution in [1.82, 2.24) is 4.90 Å². The highest BCUT2D eigenvalue weighted by molar-refractivity contribution is 6.45. The average molecular weight is 374 g/mol. The van der Waals surface area contributed by atoms with Gasteiger partial charge in [0, 0.05) is 13.1 Å². The normalized spacial score (nSPS) is 18.4. The number of nitrogens with zero attached hydrogens (tertiary/aromatic N) is 2. The van der Waals surface area contributed by atoms with Gasteiger partial charge in [-0.1, -0.05) is 43.3 Å². The summed E-state index contributed by atoms with van der Waals surface area (Å²) in [4.78, 5) is 30.4. The van der Waals surface area contributed by atoms with Crippen molar-refractivity contribution in [3.05, 3.63) is 70.9 Å². The fourth-order valence-electron chi connectivity index (χ4n) is 4.01. The van der Waals surface area contributed by atoms with Crippen molar-refractivity contribution in [2.45, 2.75) is 33.6 Å². The summed E-state index contributed by atoms with van der Waals surface area (Å²) in [6.45, 7) is 7.90. The summed E-state index contributed by atoms with van der Waals surface area (Å²) in [6, 6.07) is 15.3. The van der Waals surface area contributed by atoms with E-state index in [1.165, 1.54) is 4.90 Å². The molecule has 0 spiro atoms. The zero-order valence-electron chi connectivity index (χ0n) is 16.7. The summed E-state index contributed by atoms with van der Waals surface area (Å²) in [7, 11) is 0. The Morgan fingerprint density at radius 1 is 0.857 bits per heavy atom. The minimum atomic E-state index is -0.229. The first-order valence-electron chi connectivity index (χ1n) is 9.98. The molecule has 28 heavy (non-hydrogen) atoms. The molecule has 0 aliphatic carbocycles. The van der Waals surface area contributed by atoms with Gasteiger partial charge in [-0.3, -0.25) is 9.59 Å². The van der Waals surface area contributed by atoms with Crippen LogP contribution in [0.2, 0.25) is 0 Å². The predicted molar refractivity (Wildman–Crippen MR) is 112 cm³/mol. The number of hydrogen-bond acceptors (Lipinski definition) is 3. The van der Waals surface area contributed by atoms with Crippen LogP contribution in [0, 0.1) is 19.8 Å². The number of aryl methyl sites for hydroxylation is 2. The molecule has 4 heteroatoms. The summed E-state index contributed by atoms with van der Waals surface area (Å²) in [5, 5.41) is 0. The van der Waals surface area contributed by atoms with Crippen LogP contribution in [0.25, 0.3) is 5.57 Å². The van der Waals surface area contributed by atoms with Crippen molar-refractivity contribution < 1.29 is 9.59 Å². The van der Waals surface area contributed by atoms with Crippen LogP contribution in [0.15, 0.2) is 54.2 Å². The van der Waals surface area contributed by atoms with E-state index in [1.807, 2.05) is 62.4 Å². The van der Waals surface area contributed by atoms with Crippen molar-refractivity contribution in [2.24, 2.45) is 5.92 Å². The Hall–Kier alpha value is -2.88. The zero-order chi connectivity index (χ0) is 19.8. The van der Waals surface area contributed by atoms with Crippen LogP contribution >= 0.6 is 0 Å². The number of imide groups is 1. The first kappa shape index (κ1) is 18.5. The Bertz CT molecular complexity index is 954. The van der Waals surface area contributed by atoms with Gasteiger partial charge in [0.25, 0.3) is 11.8 Å². The van der Waals surface area contributed by atoms with Gasteiger partial charge in [0.2, 0.25) is 0 Å². The number of rotatable bonds is 3. The lowest BCUT2D eigenvalue weighted by Gasteiger charge is -2.32. The minimum Gasteiger partial charge on any atom is -0.366 e. The van der Waals surface area contributed by atoms with Crippen LogP contribution in [-0.2, 0) is 9.59 Å². The van der Waals surface area contributed by atoms with Crippen LogP contribution in [0.1, 0.15) is 36.5 Å². The molecule has 2 aliphatic rings. The van der Waals surface area contributed by atoms with Gasteiger partial charge in [-0.2, -0.15) is 0 Å². The lowest BCUT2D eigenvalue weighted by molar-refractivity contribution is -0.120. The van der Waals surface area contributed by atoms with Gasteiger partial charge < -0.3 is 4.90 Å². The van der Waals surface area contributed by atoms with Gasteiger partial charge in [-0.15, -0.1) is 0 Å². The Morgan fingerprint density at radius 3 is 2.18 bits per heavy atom. The highest BCUT2D eigenvalue weighted by Crippen LogP contribution is 2.36. The van der Waals surface area contributed by atoms with E-state index in [-0.39, 0.29) is 11.8 Å². The molecule has 2 aromatic carbocycles. The number of hydrogen-bond donors (Lipinski definition) is 0. The molecule has 0 aromatic heterocycles. The van der Waals surface area contributed by atoms with E-state index in [1.54, 1.807) is 0 Å². The molecular formula is C24H26N2O2. The lowest BCUT2D eigenvalue weighted by Crippen LogP contribution is -2.38. The van der Waals surface area contributed by atoms with Crippen molar-refractivity contribution >= 4 is 23.1 Å². The second-order valence-corrected chi connectivity index (χ2v) is 7.97. The monoisotopic (exact) mass is 374 g/mol. The predicted octanol–water partition coefficient (Wildman–Crippen LogP) is 4.32. The Labute approximate surface area is 166 Å². The number of likely N-dealkylation sites (tertiary alicyclic amines) is 1. The standard InChI is InChI=1S/C24H26N2O2/c1-16-11-13-25(14-12-16)22-21(19-7-5-4-6-8-19)23(27)26(24(22)28)20-10-9-17(2)18(3)15-20/h4-10,15-16H,11-14H2,1-3H3. The van der Waals surface area contributed by atoms with Crippen molar-refractivity contribution in [3.63, 3.8) is 0 Å². The third kappa shape index (κ3) is 3.13. The SMILES string of the molecule is Cc1ccc(N2C(=O)C(c3ccccc3)=C(N3CCC(C)CC3)C2=O)cc1C. The zero-order valence-corrected chi connectivity index (χ0v) is 16.7. The number of carbonyl (C=O) groups is 2. The van der Waals surface area contributed by atoms with E-state index < -0.39 is 0 Å². The molecule has 0 radical (unpaired) electrons. The first-order valence-corrected chi connectivity index (χ1v) is 9.98. The van der Waals surface area contributed by atoms with E-state index in [9.17, 15) is 9.59 Å². The molecule has 0 N–H and O–H groups in total. The van der Waals surface area contributed by atoms with Crippen molar-refractivity contribution in [1.29, 1.82) is 0 Å². The molecule has 2 heterocycles. The molecule has 2 aromatic rings. The molecule has 4 rings (SSSR count). The van der Waals surface area contributed by atoms with Crippen LogP contribution in [0.5, 0.6) is 0 Å². The topological polar surface area (TPSA) is 40.6 Å². The molecule has 4 nitrogen and oxygen atoms in total. The minimum absolute atomic E-state index is 0.207. The van der Waals surface area contributed by atoms with E-state index in [0.717, 1.165) is 42.6 Å². The van der Waals surface area contributed by atoms with Gasteiger partial charge in [-0.25, -0.2) is 4.90 Å². The second kappa shape index (κ2) is 7.27. The van der Waals surface area contributed by atoms with E-state index >= 15 is 0 Å². The van der Waals surface area contributed by atoms with Gasteiger partial charge >= 0.3 is 0 Å². The van der Waals surface area contributed by atoms with Crippen molar-refractivity contribution in [2.75, 3.05) is 18.0 Å². The van der Waals surface area contributed by atoms with Crippen LogP contribution in [0.4, 0.5) is 5.69 Å². The largest absolute Gasteiger partial charge is 0.366 e. The Balaban J connectivity index is 1.80. The molecule has 1 saturated heterocycles. The smallest absolute Gasteiger partial charge is 0.282 e. The quantitative estimate of drug-likeness (QED) is 0.751. The van der Waals surface area contributed by atoms with E-state index in [0.29, 0.717) is 22.9 Å². The van der Waals surface area contributed by atoms with Gasteiger partial charge in [0.1, 0.15) is 5.70 Å². The molecule has 1 fully saturated rings. The number of anilines is 1. The van der Waals surface area contributed by atoms with Gasteiger partial charge in [0.15, 0.2) is 0 Å². The molecule has 2 amide bonds. The molecule has 0 saturated carbocycles. The fourth-order valence-corrected chi connectivity index (χ4v) is 4.01. The lowest BCUT2D eigenvalue weighted by atomic mass is 9.97. The highest BCUT2D eigenvalue weighted by atomic mass is 16.2. The molecule has 2 aliphatic heterocycles. The summed E-state index contributed by atoms with van der Waals surface area (Å²) >= 11 is 0. The number of benzene rings is 2. The summed E-state index contributed by atoms with van der Waals surface area (Å²) in [5.74, 6) is 0.217.